The second-order valence-corrected chi connectivity index (χ2v) is 4.72. The number of benzene rings is 1. The van der Waals surface area contributed by atoms with Crippen molar-refractivity contribution < 1.29 is 9.53 Å². The maximum absolute atomic E-state index is 12.1. The molecule has 0 aliphatic heterocycles. The Balaban J connectivity index is 2.89. The fourth-order valence-electron chi connectivity index (χ4n) is 1.75. The van der Waals surface area contributed by atoms with Crippen LogP contribution in [0.3, 0.4) is 0 Å². The predicted octanol–water partition coefficient (Wildman–Crippen LogP) is 1.95. The van der Waals surface area contributed by atoms with Crippen molar-refractivity contribution in [1.29, 1.82) is 5.26 Å². The van der Waals surface area contributed by atoms with Gasteiger partial charge in [0, 0.05) is 18.7 Å². The van der Waals surface area contributed by atoms with Crippen LogP contribution < -0.4 is 15.4 Å². The molecule has 2 N–H and O–H groups in total. The lowest BCUT2D eigenvalue weighted by atomic mass is 10.1. The maximum Gasteiger partial charge on any atom is 0.255 e. The van der Waals surface area contributed by atoms with Gasteiger partial charge in [0.1, 0.15) is 11.8 Å². The normalized spacial score (nSPS) is 11.6. The van der Waals surface area contributed by atoms with Gasteiger partial charge in [-0.2, -0.15) is 5.26 Å². The molecule has 1 atom stereocenters. The first-order valence-corrected chi connectivity index (χ1v) is 6.70. The van der Waals surface area contributed by atoms with E-state index >= 15 is 0 Å². The molecule has 1 unspecified atom stereocenters. The van der Waals surface area contributed by atoms with Crippen molar-refractivity contribution >= 4 is 17.5 Å². The number of amides is 1. The summed E-state index contributed by atoms with van der Waals surface area (Å²) in [5.74, 6) is 0.0578. The Morgan fingerprint density at radius 3 is 2.80 bits per heavy atom. The van der Waals surface area contributed by atoms with Gasteiger partial charge in [0.25, 0.3) is 5.91 Å². The third kappa shape index (κ3) is 4.12. The molecule has 1 rings (SSSR count). The molecule has 0 saturated carbocycles. The second kappa shape index (κ2) is 7.73. The molecular formula is C14H18ClN3O2. The lowest BCUT2D eigenvalue weighted by Crippen LogP contribution is -2.38. The molecule has 0 fully saturated rings. The van der Waals surface area contributed by atoms with E-state index in [1.54, 1.807) is 0 Å². The lowest BCUT2D eigenvalue weighted by molar-refractivity contribution is 0.0947. The van der Waals surface area contributed by atoms with E-state index < -0.39 is 0 Å². The Kier molecular flexibility index (Phi) is 6.29. The van der Waals surface area contributed by atoms with Crippen molar-refractivity contribution in [1.82, 2.24) is 10.6 Å². The quantitative estimate of drug-likeness (QED) is 0.841. The van der Waals surface area contributed by atoms with Crippen molar-refractivity contribution in [3.05, 3.63) is 28.3 Å². The minimum Gasteiger partial charge on any atom is -0.496 e. The molecule has 0 heterocycles. The number of halogens is 1. The van der Waals surface area contributed by atoms with Crippen LogP contribution in [0.4, 0.5) is 0 Å². The smallest absolute Gasteiger partial charge is 0.255 e. The Morgan fingerprint density at radius 2 is 2.25 bits per heavy atom. The average molecular weight is 296 g/mol. The van der Waals surface area contributed by atoms with Gasteiger partial charge in [-0.1, -0.05) is 18.5 Å². The Bertz CT molecular complexity index is 526. The topological polar surface area (TPSA) is 74.1 Å². The monoisotopic (exact) mass is 295 g/mol. The highest BCUT2D eigenvalue weighted by molar-refractivity contribution is 6.32. The standard InChI is InChI=1S/C14H18ClN3O2/c1-4-17-9(2)8-18-14(19)11-5-10(7-16)12(15)6-13(11)20-3/h5-6,9,17H,4,8H2,1-3H3,(H,18,19). The summed E-state index contributed by atoms with van der Waals surface area (Å²) in [6.07, 6.45) is 0. The molecule has 1 aromatic rings. The molecule has 1 amide bonds. The number of likely N-dealkylation sites (N-methyl/N-ethyl adjacent to an activating group) is 1. The van der Waals surface area contributed by atoms with Crippen LogP contribution in [0.5, 0.6) is 5.75 Å². The molecule has 6 heteroatoms. The van der Waals surface area contributed by atoms with Gasteiger partial charge < -0.3 is 15.4 Å². The Morgan fingerprint density at radius 1 is 1.55 bits per heavy atom. The van der Waals surface area contributed by atoms with Crippen LogP contribution in [0.1, 0.15) is 29.8 Å². The number of carbonyl (C=O) groups excluding carboxylic acids is 1. The zero-order valence-corrected chi connectivity index (χ0v) is 12.5. The van der Waals surface area contributed by atoms with E-state index in [2.05, 4.69) is 10.6 Å². The second-order valence-electron chi connectivity index (χ2n) is 4.31. The van der Waals surface area contributed by atoms with Gasteiger partial charge in [0.15, 0.2) is 0 Å². The number of ether oxygens (including phenoxy) is 1. The van der Waals surface area contributed by atoms with Crippen LogP contribution in [0.2, 0.25) is 5.02 Å². The number of nitrogens with zero attached hydrogens (tertiary/aromatic N) is 1. The molecule has 0 aromatic heterocycles. The van der Waals surface area contributed by atoms with Crippen molar-refractivity contribution in [2.24, 2.45) is 0 Å². The summed E-state index contributed by atoms with van der Waals surface area (Å²) in [6, 6.07) is 5.03. The number of nitriles is 1. The van der Waals surface area contributed by atoms with E-state index in [1.807, 2.05) is 19.9 Å². The minimum atomic E-state index is -0.292. The zero-order chi connectivity index (χ0) is 15.1. The van der Waals surface area contributed by atoms with E-state index in [4.69, 9.17) is 21.6 Å². The largest absolute Gasteiger partial charge is 0.496 e. The highest BCUT2D eigenvalue weighted by Crippen LogP contribution is 2.26. The maximum atomic E-state index is 12.1. The van der Waals surface area contributed by atoms with Gasteiger partial charge in [-0.05, 0) is 19.5 Å². The number of carbonyl (C=O) groups is 1. The third-order valence-corrected chi connectivity index (χ3v) is 3.09. The lowest BCUT2D eigenvalue weighted by Gasteiger charge is -2.14. The molecule has 0 aliphatic carbocycles. The van der Waals surface area contributed by atoms with E-state index in [9.17, 15) is 4.79 Å². The van der Waals surface area contributed by atoms with E-state index in [-0.39, 0.29) is 22.5 Å². The van der Waals surface area contributed by atoms with E-state index in [1.165, 1.54) is 19.2 Å². The summed E-state index contributed by atoms with van der Waals surface area (Å²) < 4.78 is 5.13. The summed E-state index contributed by atoms with van der Waals surface area (Å²) in [5.41, 5.74) is 0.550. The van der Waals surface area contributed by atoms with Crippen molar-refractivity contribution in [2.75, 3.05) is 20.2 Å². The van der Waals surface area contributed by atoms with Crippen LogP contribution in [-0.2, 0) is 0 Å². The van der Waals surface area contributed by atoms with Gasteiger partial charge in [0.2, 0.25) is 0 Å². The molecular weight excluding hydrogens is 278 g/mol. The fraction of sp³-hybridized carbons (Fsp3) is 0.429. The van der Waals surface area contributed by atoms with Gasteiger partial charge >= 0.3 is 0 Å². The molecule has 0 saturated heterocycles. The van der Waals surface area contributed by atoms with Crippen molar-refractivity contribution in [3.63, 3.8) is 0 Å². The number of nitrogens with one attached hydrogen (secondary N) is 2. The van der Waals surface area contributed by atoms with Gasteiger partial charge in [-0.3, -0.25) is 4.79 Å². The van der Waals surface area contributed by atoms with Crippen LogP contribution in [-0.4, -0.2) is 32.1 Å². The number of hydrogen-bond donors (Lipinski definition) is 2. The van der Waals surface area contributed by atoms with Crippen LogP contribution in [0.25, 0.3) is 0 Å². The SMILES string of the molecule is CCNC(C)CNC(=O)c1cc(C#N)c(Cl)cc1OC. The molecule has 0 radical (unpaired) electrons. The van der Waals surface area contributed by atoms with Crippen LogP contribution in [0.15, 0.2) is 12.1 Å². The molecule has 108 valence electrons. The first-order chi connectivity index (χ1) is 9.53. The zero-order valence-electron chi connectivity index (χ0n) is 11.8. The number of rotatable bonds is 6. The predicted molar refractivity (Wildman–Crippen MR) is 78.2 cm³/mol. The number of hydrogen-bond acceptors (Lipinski definition) is 4. The van der Waals surface area contributed by atoms with Crippen molar-refractivity contribution in [2.45, 2.75) is 19.9 Å². The molecule has 5 nitrogen and oxygen atoms in total. The summed E-state index contributed by atoms with van der Waals surface area (Å²) in [6.45, 7) is 5.30. The average Bonchev–Trinajstić information content (AvgIpc) is 2.44. The van der Waals surface area contributed by atoms with Crippen LogP contribution >= 0.6 is 11.6 Å². The molecule has 1 aromatic carbocycles. The number of methoxy groups -OCH3 is 1. The van der Waals surface area contributed by atoms with Gasteiger partial charge in [0.05, 0.1) is 23.3 Å². The summed E-state index contributed by atoms with van der Waals surface area (Å²) in [7, 11) is 1.45. The summed E-state index contributed by atoms with van der Waals surface area (Å²) in [4.78, 5) is 12.1. The van der Waals surface area contributed by atoms with Crippen LogP contribution in [0, 0.1) is 11.3 Å². The first kappa shape index (κ1) is 16.3. The fourth-order valence-corrected chi connectivity index (χ4v) is 1.94. The summed E-state index contributed by atoms with van der Waals surface area (Å²) in [5, 5.41) is 15.2. The van der Waals surface area contributed by atoms with Gasteiger partial charge in [-0.15, -0.1) is 0 Å². The first-order valence-electron chi connectivity index (χ1n) is 6.32. The van der Waals surface area contributed by atoms with E-state index in [0.717, 1.165) is 6.54 Å². The van der Waals surface area contributed by atoms with Crippen molar-refractivity contribution in [3.8, 4) is 11.8 Å². The molecule has 0 aliphatic rings. The third-order valence-electron chi connectivity index (χ3n) is 2.78. The summed E-state index contributed by atoms with van der Waals surface area (Å²) >= 11 is 5.91. The molecule has 20 heavy (non-hydrogen) atoms. The molecule has 0 spiro atoms. The molecule has 0 bridgehead atoms. The van der Waals surface area contributed by atoms with E-state index in [0.29, 0.717) is 17.9 Å². The van der Waals surface area contributed by atoms with Gasteiger partial charge in [-0.25, -0.2) is 0 Å². The Hall–Kier alpha value is -1.77. The highest BCUT2D eigenvalue weighted by Gasteiger charge is 2.16. The highest BCUT2D eigenvalue weighted by atomic mass is 35.5. The Labute approximate surface area is 123 Å². The minimum absolute atomic E-state index is 0.165.